The summed E-state index contributed by atoms with van der Waals surface area (Å²) in [6.45, 7) is -0.751. The van der Waals surface area contributed by atoms with Gasteiger partial charge in [0.25, 0.3) is 5.91 Å². The van der Waals surface area contributed by atoms with Gasteiger partial charge in [0.05, 0.1) is 41.6 Å². The van der Waals surface area contributed by atoms with E-state index in [2.05, 4.69) is 15.4 Å². The van der Waals surface area contributed by atoms with E-state index in [1.54, 1.807) is 0 Å². The standard InChI is InChI=1S/C21H15ClF6N4O4/c1-35-19(34)30-11-3-5-15(14(22)6-11)31-17(33)16-9-32(18(36-16)21(26,27)28)12-4-2-10(8-29)13(7-12)20(23,24)25/h2-7,16,18H,9H2,1H3,(H,30,34)(H,31,33)/t16-,18+/m0/s1. The zero-order valence-corrected chi connectivity index (χ0v) is 18.8. The highest BCUT2D eigenvalue weighted by molar-refractivity contribution is 6.34. The summed E-state index contributed by atoms with van der Waals surface area (Å²) in [7, 11) is 1.13. The van der Waals surface area contributed by atoms with E-state index in [-0.39, 0.29) is 16.4 Å². The lowest BCUT2D eigenvalue weighted by molar-refractivity contribution is -0.212. The molecular weight excluding hydrogens is 522 g/mol. The fourth-order valence-corrected chi connectivity index (χ4v) is 3.53. The van der Waals surface area contributed by atoms with E-state index >= 15 is 0 Å². The Morgan fingerprint density at radius 3 is 2.39 bits per heavy atom. The normalized spacial score (nSPS) is 17.9. The molecule has 192 valence electrons. The average Bonchev–Trinajstić information content (AvgIpc) is 3.26. The first-order valence-corrected chi connectivity index (χ1v) is 10.2. The monoisotopic (exact) mass is 536 g/mol. The number of nitrogens with zero attached hydrogens (tertiary/aromatic N) is 2. The maximum absolute atomic E-state index is 13.6. The SMILES string of the molecule is COC(=O)Nc1ccc(NC(=O)[C@@H]2CN(c3ccc(C#N)c(C(F)(F)F)c3)[C@@H](C(F)(F)F)O2)c(Cl)c1. The lowest BCUT2D eigenvalue weighted by Crippen LogP contribution is -2.42. The number of carbonyl (C=O) groups excluding carboxylic acids is 2. The number of benzene rings is 2. The second-order valence-corrected chi connectivity index (χ2v) is 7.72. The second-order valence-electron chi connectivity index (χ2n) is 7.31. The van der Waals surface area contributed by atoms with Gasteiger partial charge in [-0.3, -0.25) is 10.1 Å². The number of nitriles is 1. The van der Waals surface area contributed by atoms with Gasteiger partial charge in [0.2, 0.25) is 6.23 Å². The van der Waals surface area contributed by atoms with Crippen molar-refractivity contribution < 1.29 is 45.4 Å². The predicted molar refractivity (Wildman–Crippen MR) is 114 cm³/mol. The summed E-state index contributed by atoms with van der Waals surface area (Å²) in [6.07, 6.45) is -15.3. The molecule has 2 N–H and O–H groups in total. The molecule has 2 aromatic carbocycles. The van der Waals surface area contributed by atoms with Crippen LogP contribution in [0.5, 0.6) is 0 Å². The molecule has 1 heterocycles. The summed E-state index contributed by atoms with van der Waals surface area (Å²) in [5.41, 5.74) is -2.57. The van der Waals surface area contributed by atoms with Gasteiger partial charge in [0.15, 0.2) is 6.10 Å². The van der Waals surface area contributed by atoms with E-state index in [1.165, 1.54) is 24.3 Å². The molecule has 3 rings (SSSR count). The molecule has 0 spiro atoms. The molecule has 2 aromatic rings. The van der Waals surface area contributed by atoms with Crippen LogP contribution in [0.2, 0.25) is 5.02 Å². The molecule has 0 bridgehead atoms. The molecule has 0 unspecified atom stereocenters. The van der Waals surface area contributed by atoms with E-state index in [0.717, 1.165) is 19.2 Å². The van der Waals surface area contributed by atoms with Gasteiger partial charge in [-0.15, -0.1) is 0 Å². The number of ether oxygens (including phenoxy) is 2. The van der Waals surface area contributed by atoms with Crippen LogP contribution in [-0.2, 0) is 20.4 Å². The highest BCUT2D eigenvalue weighted by atomic mass is 35.5. The lowest BCUT2D eigenvalue weighted by Gasteiger charge is -2.27. The van der Waals surface area contributed by atoms with Crippen molar-refractivity contribution in [1.82, 2.24) is 0 Å². The third kappa shape index (κ3) is 5.92. The zero-order valence-electron chi connectivity index (χ0n) is 18.0. The molecule has 0 aliphatic carbocycles. The van der Waals surface area contributed by atoms with Crippen LogP contribution >= 0.6 is 11.6 Å². The van der Waals surface area contributed by atoms with Crippen LogP contribution in [0.4, 0.5) is 48.2 Å². The third-order valence-electron chi connectivity index (χ3n) is 4.93. The molecule has 15 heteroatoms. The first-order valence-electron chi connectivity index (χ1n) is 9.80. The Morgan fingerprint density at radius 1 is 1.14 bits per heavy atom. The highest BCUT2D eigenvalue weighted by Gasteiger charge is 2.52. The fraction of sp³-hybridized carbons (Fsp3) is 0.286. The van der Waals surface area contributed by atoms with Crippen LogP contribution in [0.25, 0.3) is 0 Å². The Bertz CT molecular complexity index is 1210. The van der Waals surface area contributed by atoms with E-state index in [4.69, 9.17) is 21.6 Å². The van der Waals surface area contributed by atoms with Crippen LogP contribution in [0.15, 0.2) is 36.4 Å². The van der Waals surface area contributed by atoms with E-state index in [1.807, 2.05) is 0 Å². The molecule has 2 amide bonds. The van der Waals surface area contributed by atoms with Gasteiger partial charge in [-0.05, 0) is 36.4 Å². The van der Waals surface area contributed by atoms with Crippen molar-refractivity contribution in [2.24, 2.45) is 0 Å². The smallest absolute Gasteiger partial charge is 0.433 e. The largest absolute Gasteiger partial charge is 0.453 e. The number of hydrogen-bond donors (Lipinski definition) is 2. The zero-order chi connectivity index (χ0) is 26.8. The fourth-order valence-electron chi connectivity index (χ4n) is 3.31. The minimum absolute atomic E-state index is 0.0274. The van der Waals surface area contributed by atoms with Crippen LogP contribution < -0.4 is 15.5 Å². The maximum atomic E-state index is 13.6. The summed E-state index contributed by atoms with van der Waals surface area (Å²) >= 11 is 6.05. The number of amides is 2. The number of halogens is 7. The summed E-state index contributed by atoms with van der Waals surface area (Å²) < 4.78 is 90.1. The Morgan fingerprint density at radius 2 is 1.83 bits per heavy atom. The van der Waals surface area contributed by atoms with Crippen molar-refractivity contribution in [2.75, 3.05) is 29.2 Å². The quantitative estimate of drug-likeness (QED) is 0.524. The van der Waals surface area contributed by atoms with Crippen LogP contribution in [0.3, 0.4) is 0 Å². The van der Waals surface area contributed by atoms with E-state index in [9.17, 15) is 35.9 Å². The summed E-state index contributed by atoms with van der Waals surface area (Å²) in [6, 6.07) is 7.20. The van der Waals surface area contributed by atoms with Gasteiger partial charge in [-0.25, -0.2) is 4.79 Å². The topological polar surface area (TPSA) is 104 Å². The summed E-state index contributed by atoms with van der Waals surface area (Å²) in [4.78, 5) is 24.4. The van der Waals surface area contributed by atoms with Gasteiger partial charge >= 0.3 is 18.4 Å². The van der Waals surface area contributed by atoms with Gasteiger partial charge in [0.1, 0.15) is 0 Å². The van der Waals surface area contributed by atoms with Crippen LogP contribution in [-0.4, -0.2) is 44.2 Å². The highest BCUT2D eigenvalue weighted by Crippen LogP contribution is 2.39. The van der Waals surface area contributed by atoms with E-state index in [0.29, 0.717) is 11.0 Å². The summed E-state index contributed by atoms with van der Waals surface area (Å²) in [5.74, 6) is -1.05. The molecule has 0 radical (unpaired) electrons. The first kappa shape index (κ1) is 26.9. The number of carbonyl (C=O) groups is 2. The second kappa shape index (κ2) is 10.1. The maximum Gasteiger partial charge on any atom is 0.433 e. The van der Waals surface area contributed by atoms with E-state index < -0.39 is 60.0 Å². The number of methoxy groups -OCH3 is 1. The average molecular weight is 537 g/mol. The Labute approximate surface area is 204 Å². The minimum atomic E-state index is -5.07. The molecule has 2 atom stereocenters. The molecule has 1 aliphatic heterocycles. The molecule has 8 nitrogen and oxygen atoms in total. The molecule has 1 aliphatic rings. The first-order chi connectivity index (χ1) is 16.7. The van der Waals surface area contributed by atoms with Crippen molar-refractivity contribution in [3.05, 3.63) is 52.5 Å². The van der Waals surface area contributed by atoms with Gasteiger partial charge < -0.3 is 19.7 Å². The number of alkyl halides is 6. The Hall–Kier alpha value is -3.70. The van der Waals surface area contributed by atoms with Crippen molar-refractivity contribution in [1.29, 1.82) is 5.26 Å². The molecule has 36 heavy (non-hydrogen) atoms. The van der Waals surface area contributed by atoms with Crippen molar-refractivity contribution >= 4 is 40.7 Å². The van der Waals surface area contributed by atoms with Gasteiger partial charge in [-0.1, -0.05) is 11.6 Å². The number of anilines is 3. The van der Waals surface area contributed by atoms with Gasteiger partial charge in [-0.2, -0.15) is 31.6 Å². The summed E-state index contributed by atoms with van der Waals surface area (Å²) in [5, 5.41) is 13.4. The molecule has 1 saturated heterocycles. The number of hydrogen-bond acceptors (Lipinski definition) is 6. The van der Waals surface area contributed by atoms with Gasteiger partial charge in [0, 0.05) is 11.4 Å². The number of rotatable bonds is 4. The molecule has 0 aromatic heterocycles. The van der Waals surface area contributed by atoms with Crippen molar-refractivity contribution in [2.45, 2.75) is 24.7 Å². The predicted octanol–water partition coefficient (Wildman–Crippen LogP) is 5.14. The van der Waals surface area contributed by atoms with Crippen molar-refractivity contribution in [3.63, 3.8) is 0 Å². The Kier molecular flexibility index (Phi) is 7.56. The van der Waals surface area contributed by atoms with Crippen LogP contribution in [0, 0.1) is 11.3 Å². The third-order valence-corrected chi connectivity index (χ3v) is 5.24. The lowest BCUT2D eigenvalue weighted by atomic mass is 10.1. The van der Waals surface area contributed by atoms with Crippen LogP contribution in [0.1, 0.15) is 11.1 Å². The Balaban J connectivity index is 1.85. The van der Waals surface area contributed by atoms with Crippen molar-refractivity contribution in [3.8, 4) is 6.07 Å². The molecule has 0 saturated carbocycles. The molecular formula is C21H15ClF6N4O4. The number of nitrogens with one attached hydrogen (secondary N) is 2. The minimum Gasteiger partial charge on any atom is -0.453 e. The molecule has 1 fully saturated rings.